The Morgan fingerprint density at radius 2 is 1.90 bits per heavy atom. The Hall–Kier alpha value is -1.59. The second-order valence-electron chi connectivity index (χ2n) is 5.98. The van der Waals surface area contributed by atoms with Gasteiger partial charge in [0.2, 0.25) is 11.8 Å². The zero-order valence-electron chi connectivity index (χ0n) is 11.8. The van der Waals surface area contributed by atoms with Crippen LogP contribution in [0.1, 0.15) is 32.1 Å². The van der Waals surface area contributed by atoms with Crippen molar-refractivity contribution in [2.45, 2.75) is 32.1 Å². The average Bonchev–Trinajstić information content (AvgIpc) is 2.76. The van der Waals surface area contributed by atoms with E-state index in [9.17, 15) is 14.4 Å². The lowest BCUT2D eigenvalue weighted by Gasteiger charge is -2.26. The molecule has 0 aromatic heterocycles. The maximum Gasteiger partial charge on any atom is 0.306 e. The van der Waals surface area contributed by atoms with Crippen LogP contribution in [0.4, 0.5) is 0 Å². The Morgan fingerprint density at radius 3 is 2.40 bits per heavy atom. The van der Waals surface area contributed by atoms with Crippen molar-refractivity contribution in [3.8, 4) is 0 Å². The van der Waals surface area contributed by atoms with E-state index in [4.69, 9.17) is 5.11 Å². The molecule has 0 radical (unpaired) electrons. The van der Waals surface area contributed by atoms with Crippen molar-refractivity contribution in [2.24, 2.45) is 17.8 Å². The zero-order chi connectivity index (χ0) is 14.7. The summed E-state index contributed by atoms with van der Waals surface area (Å²) in [6.45, 7) is 1.09. The Kier molecular flexibility index (Phi) is 4.62. The van der Waals surface area contributed by atoms with Gasteiger partial charge < -0.3 is 15.3 Å². The first-order valence-corrected chi connectivity index (χ1v) is 7.22. The van der Waals surface area contributed by atoms with Crippen molar-refractivity contribution in [1.82, 2.24) is 10.2 Å². The van der Waals surface area contributed by atoms with Gasteiger partial charge in [-0.15, -0.1) is 0 Å². The highest BCUT2D eigenvalue weighted by Gasteiger charge is 2.32. The van der Waals surface area contributed by atoms with Gasteiger partial charge in [0.05, 0.1) is 11.8 Å². The predicted octanol–water partition coefficient (Wildman–Crippen LogP) is 0.472. The van der Waals surface area contributed by atoms with Crippen LogP contribution in [0.25, 0.3) is 0 Å². The summed E-state index contributed by atoms with van der Waals surface area (Å²) in [5.41, 5.74) is 0. The number of carbonyl (C=O) groups excluding carboxylic acids is 2. The molecule has 2 rings (SSSR count). The summed E-state index contributed by atoms with van der Waals surface area (Å²) >= 11 is 0. The molecule has 20 heavy (non-hydrogen) atoms. The van der Waals surface area contributed by atoms with Crippen molar-refractivity contribution in [1.29, 1.82) is 0 Å². The number of aliphatic carboxylic acids is 1. The molecule has 1 aliphatic heterocycles. The largest absolute Gasteiger partial charge is 0.481 e. The topological polar surface area (TPSA) is 86.7 Å². The molecule has 2 amide bonds. The van der Waals surface area contributed by atoms with Gasteiger partial charge in [0.1, 0.15) is 0 Å². The smallest absolute Gasteiger partial charge is 0.306 e. The van der Waals surface area contributed by atoms with Crippen LogP contribution >= 0.6 is 0 Å². The second kappa shape index (κ2) is 6.24. The summed E-state index contributed by atoms with van der Waals surface area (Å²) in [5, 5.41) is 11.8. The van der Waals surface area contributed by atoms with Gasteiger partial charge in [-0.2, -0.15) is 0 Å². The number of carbonyl (C=O) groups is 3. The molecule has 1 saturated heterocycles. The minimum Gasteiger partial charge on any atom is -0.481 e. The van der Waals surface area contributed by atoms with E-state index < -0.39 is 5.97 Å². The second-order valence-corrected chi connectivity index (χ2v) is 5.98. The molecule has 0 bridgehead atoms. The van der Waals surface area contributed by atoms with E-state index in [1.165, 1.54) is 0 Å². The fourth-order valence-corrected chi connectivity index (χ4v) is 3.04. The van der Waals surface area contributed by atoms with Crippen molar-refractivity contribution in [3.05, 3.63) is 0 Å². The Labute approximate surface area is 118 Å². The van der Waals surface area contributed by atoms with Crippen molar-refractivity contribution in [3.63, 3.8) is 0 Å². The maximum absolute atomic E-state index is 12.0. The van der Waals surface area contributed by atoms with Crippen LogP contribution in [0, 0.1) is 17.8 Å². The summed E-state index contributed by atoms with van der Waals surface area (Å²) in [7, 11) is 1.71. The number of likely N-dealkylation sites (tertiary alicyclic amines) is 1. The number of amides is 2. The number of carboxylic acids is 1. The van der Waals surface area contributed by atoms with Crippen LogP contribution in [0.3, 0.4) is 0 Å². The highest BCUT2D eigenvalue weighted by atomic mass is 16.4. The number of hydrogen-bond donors (Lipinski definition) is 2. The average molecular weight is 282 g/mol. The zero-order valence-corrected chi connectivity index (χ0v) is 11.8. The summed E-state index contributed by atoms with van der Waals surface area (Å²) in [4.78, 5) is 35.8. The number of nitrogens with zero attached hydrogens (tertiary/aromatic N) is 1. The molecule has 0 spiro atoms. The van der Waals surface area contributed by atoms with Crippen LogP contribution in [-0.4, -0.2) is 47.9 Å². The van der Waals surface area contributed by atoms with Crippen LogP contribution < -0.4 is 5.32 Å². The van der Waals surface area contributed by atoms with E-state index in [0.717, 1.165) is 12.8 Å². The van der Waals surface area contributed by atoms with Gasteiger partial charge in [0.25, 0.3) is 0 Å². The third-order valence-corrected chi connectivity index (χ3v) is 4.47. The normalized spacial score (nSPS) is 30.4. The molecule has 6 nitrogen and oxygen atoms in total. The highest BCUT2D eigenvalue weighted by Crippen LogP contribution is 2.28. The van der Waals surface area contributed by atoms with Gasteiger partial charge in [0, 0.05) is 26.6 Å². The molecule has 0 aromatic carbocycles. The van der Waals surface area contributed by atoms with E-state index >= 15 is 0 Å². The number of nitrogens with one attached hydrogen (secondary N) is 1. The van der Waals surface area contributed by atoms with E-state index in [1.807, 2.05) is 0 Å². The molecule has 2 fully saturated rings. The summed E-state index contributed by atoms with van der Waals surface area (Å²) < 4.78 is 0. The lowest BCUT2D eigenvalue weighted by Crippen LogP contribution is -2.36. The van der Waals surface area contributed by atoms with Crippen LogP contribution in [-0.2, 0) is 14.4 Å². The van der Waals surface area contributed by atoms with Crippen LogP contribution in [0.2, 0.25) is 0 Å². The number of hydrogen-bond acceptors (Lipinski definition) is 3. The van der Waals surface area contributed by atoms with Crippen molar-refractivity contribution < 1.29 is 19.5 Å². The summed E-state index contributed by atoms with van der Waals surface area (Å²) in [6.07, 6.45) is 3.39. The molecule has 6 heteroatoms. The van der Waals surface area contributed by atoms with E-state index in [-0.39, 0.29) is 23.7 Å². The molecule has 1 unspecified atom stereocenters. The highest BCUT2D eigenvalue weighted by molar-refractivity contribution is 5.89. The lowest BCUT2D eigenvalue weighted by atomic mass is 9.82. The quantitative estimate of drug-likeness (QED) is 0.785. The monoisotopic (exact) mass is 282 g/mol. The van der Waals surface area contributed by atoms with E-state index in [0.29, 0.717) is 38.3 Å². The fraction of sp³-hybridized carbons (Fsp3) is 0.786. The van der Waals surface area contributed by atoms with Crippen LogP contribution in [0.15, 0.2) is 0 Å². The summed E-state index contributed by atoms with van der Waals surface area (Å²) in [5.74, 6) is -0.828. The van der Waals surface area contributed by atoms with Crippen molar-refractivity contribution in [2.75, 3.05) is 20.1 Å². The first-order valence-electron chi connectivity index (χ1n) is 7.22. The molecule has 112 valence electrons. The molecule has 2 aliphatic rings. The van der Waals surface area contributed by atoms with Gasteiger partial charge in [-0.3, -0.25) is 14.4 Å². The molecule has 1 atom stereocenters. The fourth-order valence-electron chi connectivity index (χ4n) is 3.04. The molecule has 1 saturated carbocycles. The molecule has 1 heterocycles. The van der Waals surface area contributed by atoms with Crippen molar-refractivity contribution >= 4 is 17.8 Å². The third-order valence-electron chi connectivity index (χ3n) is 4.47. The number of rotatable bonds is 4. The minimum atomic E-state index is -0.708. The lowest BCUT2D eigenvalue weighted by molar-refractivity contribution is -0.143. The first kappa shape index (κ1) is 14.8. The van der Waals surface area contributed by atoms with Gasteiger partial charge >= 0.3 is 5.97 Å². The SMILES string of the molecule is CN1CC(C(=O)NCC2CCC(C(=O)O)CC2)CC1=O. The molecular weight excluding hydrogens is 260 g/mol. The van der Waals surface area contributed by atoms with Gasteiger partial charge in [-0.25, -0.2) is 0 Å². The maximum atomic E-state index is 12.0. The Morgan fingerprint density at radius 1 is 1.25 bits per heavy atom. The number of carboxylic acid groups (broad SMARTS) is 1. The molecular formula is C14H22N2O4. The third kappa shape index (κ3) is 3.49. The Bertz CT molecular complexity index is 402. The Balaban J connectivity index is 1.70. The minimum absolute atomic E-state index is 0.0205. The molecule has 1 aliphatic carbocycles. The van der Waals surface area contributed by atoms with Gasteiger partial charge in [-0.05, 0) is 31.6 Å². The van der Waals surface area contributed by atoms with Gasteiger partial charge in [-0.1, -0.05) is 0 Å². The predicted molar refractivity (Wildman–Crippen MR) is 71.8 cm³/mol. The van der Waals surface area contributed by atoms with E-state index in [2.05, 4.69) is 5.32 Å². The van der Waals surface area contributed by atoms with Crippen LogP contribution in [0.5, 0.6) is 0 Å². The standard InChI is InChI=1S/C14H22N2O4/c1-16-8-11(6-12(16)17)13(18)15-7-9-2-4-10(5-3-9)14(19)20/h9-11H,2-8H2,1H3,(H,15,18)(H,19,20). The van der Waals surface area contributed by atoms with E-state index in [1.54, 1.807) is 11.9 Å². The summed E-state index contributed by atoms with van der Waals surface area (Å²) in [6, 6.07) is 0. The first-order chi connectivity index (χ1) is 9.47. The molecule has 2 N–H and O–H groups in total. The molecule has 0 aromatic rings. The van der Waals surface area contributed by atoms with Gasteiger partial charge in [0.15, 0.2) is 0 Å².